The Labute approximate surface area is 125 Å². The second kappa shape index (κ2) is 6.26. The number of hydrogen-bond acceptors (Lipinski definition) is 5. The van der Waals surface area contributed by atoms with Crippen LogP contribution in [0.25, 0.3) is 0 Å². The minimum Gasteiger partial charge on any atom is -0.414 e. The van der Waals surface area contributed by atoms with Crippen LogP contribution in [0.15, 0.2) is 33.9 Å². The van der Waals surface area contributed by atoms with Gasteiger partial charge in [-0.05, 0) is 18.1 Å². The molecule has 1 aromatic carbocycles. The largest absolute Gasteiger partial charge is 0.414 e. The topological polar surface area (TPSA) is 59.2 Å². The van der Waals surface area contributed by atoms with E-state index in [2.05, 4.69) is 10.2 Å². The second-order valence-corrected chi connectivity index (χ2v) is 5.69. The maximum absolute atomic E-state index is 13.5. The summed E-state index contributed by atoms with van der Waals surface area (Å²) in [5.41, 5.74) is 0.594. The van der Waals surface area contributed by atoms with Crippen LogP contribution in [-0.2, 0) is 17.1 Å². The first-order chi connectivity index (χ1) is 10.2. The van der Waals surface area contributed by atoms with Crippen molar-refractivity contribution in [1.82, 2.24) is 15.1 Å². The van der Waals surface area contributed by atoms with Crippen LogP contribution in [0, 0.1) is 5.82 Å². The van der Waals surface area contributed by atoms with E-state index in [1.165, 1.54) is 17.8 Å². The zero-order valence-electron chi connectivity index (χ0n) is 11.3. The Balaban J connectivity index is 1.58. The van der Waals surface area contributed by atoms with Crippen molar-refractivity contribution < 1.29 is 13.6 Å². The van der Waals surface area contributed by atoms with Crippen LogP contribution >= 0.6 is 11.8 Å². The molecular weight excluding hydrogens is 293 g/mol. The number of likely N-dealkylation sites (tertiary alicyclic amines) is 1. The van der Waals surface area contributed by atoms with E-state index >= 15 is 0 Å². The smallest absolute Gasteiger partial charge is 0.276 e. The molecule has 0 radical (unpaired) electrons. The van der Waals surface area contributed by atoms with Gasteiger partial charge in [-0.1, -0.05) is 30.0 Å². The molecule has 1 aliphatic heterocycles. The minimum atomic E-state index is -0.243. The number of carbonyl (C=O) groups is 1. The quantitative estimate of drug-likeness (QED) is 0.795. The summed E-state index contributed by atoms with van der Waals surface area (Å²) in [4.78, 5) is 13.2. The molecule has 0 atom stereocenters. The molecule has 0 saturated carbocycles. The Morgan fingerprint density at radius 2 is 2.19 bits per heavy atom. The highest BCUT2D eigenvalue weighted by Gasteiger charge is 2.22. The lowest BCUT2D eigenvalue weighted by Crippen LogP contribution is -2.23. The highest BCUT2D eigenvalue weighted by molar-refractivity contribution is 7.98. The molecule has 1 saturated heterocycles. The zero-order valence-corrected chi connectivity index (χ0v) is 12.1. The Hall–Kier alpha value is -1.89. The normalized spacial score (nSPS) is 14.9. The minimum absolute atomic E-state index is 0.119. The summed E-state index contributed by atoms with van der Waals surface area (Å²) in [5.74, 6) is 0.721. The number of benzene rings is 1. The third-order valence-corrected chi connectivity index (χ3v) is 4.12. The molecule has 1 amide bonds. The Kier molecular flexibility index (Phi) is 4.19. The Bertz CT molecular complexity index is 647. The van der Waals surface area contributed by atoms with Gasteiger partial charge in [0.25, 0.3) is 5.22 Å². The Morgan fingerprint density at radius 3 is 2.95 bits per heavy atom. The fraction of sp³-hybridized carbons (Fsp3) is 0.357. The lowest BCUT2D eigenvalue weighted by atomic mass is 10.2. The fourth-order valence-electron chi connectivity index (χ4n) is 2.15. The number of nitrogens with zero attached hydrogens (tertiary/aromatic N) is 3. The van der Waals surface area contributed by atoms with E-state index in [1.807, 2.05) is 0 Å². The molecule has 7 heteroatoms. The summed E-state index contributed by atoms with van der Waals surface area (Å²) in [6.45, 7) is 1.09. The summed E-state index contributed by atoms with van der Waals surface area (Å²) in [6, 6.07) is 6.59. The maximum Gasteiger partial charge on any atom is 0.276 e. The number of halogens is 1. The number of amides is 1. The average molecular weight is 307 g/mol. The maximum atomic E-state index is 13.5. The van der Waals surface area contributed by atoms with Crippen LogP contribution in [0.1, 0.15) is 24.3 Å². The van der Waals surface area contributed by atoms with E-state index in [4.69, 9.17) is 4.42 Å². The van der Waals surface area contributed by atoms with Crippen molar-refractivity contribution in [3.8, 4) is 0 Å². The predicted molar refractivity (Wildman–Crippen MR) is 74.9 cm³/mol. The molecule has 0 spiro atoms. The number of hydrogen-bond donors (Lipinski definition) is 0. The first-order valence-corrected chi connectivity index (χ1v) is 7.67. The second-order valence-electron chi connectivity index (χ2n) is 4.76. The van der Waals surface area contributed by atoms with Gasteiger partial charge >= 0.3 is 0 Å². The predicted octanol–water partition coefficient (Wildman–Crippen LogP) is 2.62. The molecule has 2 heterocycles. The monoisotopic (exact) mass is 307 g/mol. The van der Waals surface area contributed by atoms with Gasteiger partial charge in [0.2, 0.25) is 11.8 Å². The lowest BCUT2D eigenvalue weighted by molar-refractivity contribution is -0.128. The van der Waals surface area contributed by atoms with Gasteiger partial charge in [0, 0.05) is 18.7 Å². The van der Waals surface area contributed by atoms with Gasteiger partial charge in [0.1, 0.15) is 5.82 Å². The van der Waals surface area contributed by atoms with Crippen LogP contribution in [0.4, 0.5) is 4.39 Å². The first kappa shape index (κ1) is 14.1. The highest BCUT2D eigenvalue weighted by Crippen LogP contribution is 2.23. The first-order valence-electron chi connectivity index (χ1n) is 6.69. The summed E-state index contributed by atoms with van der Waals surface area (Å²) in [7, 11) is 0. The third kappa shape index (κ3) is 3.41. The average Bonchev–Trinajstić information content (AvgIpc) is 3.09. The molecule has 110 valence electrons. The number of aromatic nitrogens is 2. The van der Waals surface area contributed by atoms with Gasteiger partial charge in [0.05, 0.1) is 6.54 Å². The van der Waals surface area contributed by atoms with Gasteiger partial charge in [-0.2, -0.15) is 0 Å². The molecule has 0 N–H and O–H groups in total. The highest BCUT2D eigenvalue weighted by atomic mass is 32.2. The van der Waals surface area contributed by atoms with Gasteiger partial charge in [-0.15, -0.1) is 10.2 Å². The molecular formula is C14H14FN3O2S. The molecule has 1 fully saturated rings. The van der Waals surface area contributed by atoms with E-state index in [0.29, 0.717) is 35.4 Å². The molecule has 2 aromatic rings. The number of thioether (sulfide) groups is 1. The van der Waals surface area contributed by atoms with Crippen molar-refractivity contribution in [3.63, 3.8) is 0 Å². The van der Waals surface area contributed by atoms with E-state index in [9.17, 15) is 9.18 Å². The molecule has 5 nitrogen and oxygen atoms in total. The van der Waals surface area contributed by atoms with E-state index in [0.717, 1.165) is 13.0 Å². The Morgan fingerprint density at radius 1 is 1.33 bits per heavy atom. The summed E-state index contributed by atoms with van der Waals surface area (Å²) in [6.07, 6.45) is 1.46. The van der Waals surface area contributed by atoms with Crippen LogP contribution in [-0.4, -0.2) is 27.5 Å². The number of rotatable bonds is 5. The van der Waals surface area contributed by atoms with Gasteiger partial charge in [-0.3, -0.25) is 4.79 Å². The van der Waals surface area contributed by atoms with Crippen molar-refractivity contribution in [1.29, 1.82) is 0 Å². The summed E-state index contributed by atoms with van der Waals surface area (Å²) >= 11 is 1.28. The fourth-order valence-corrected chi connectivity index (χ4v) is 2.92. The SMILES string of the molecule is O=C1CCCN1Cc1nnc(SCc2ccccc2F)o1. The van der Waals surface area contributed by atoms with Crippen molar-refractivity contribution in [3.05, 3.63) is 41.5 Å². The van der Waals surface area contributed by atoms with Crippen LogP contribution < -0.4 is 0 Å². The van der Waals surface area contributed by atoms with Crippen molar-refractivity contribution in [2.45, 2.75) is 30.4 Å². The lowest BCUT2D eigenvalue weighted by Gasteiger charge is -2.11. The number of carbonyl (C=O) groups excluding carboxylic acids is 1. The van der Waals surface area contributed by atoms with Crippen molar-refractivity contribution >= 4 is 17.7 Å². The third-order valence-electron chi connectivity index (χ3n) is 3.25. The summed E-state index contributed by atoms with van der Waals surface area (Å²) in [5, 5.41) is 8.23. The van der Waals surface area contributed by atoms with Crippen LogP contribution in [0.2, 0.25) is 0 Å². The molecule has 1 aromatic heterocycles. The zero-order chi connectivity index (χ0) is 14.7. The molecule has 0 bridgehead atoms. The molecule has 1 aliphatic rings. The van der Waals surface area contributed by atoms with Crippen molar-refractivity contribution in [2.24, 2.45) is 0 Å². The van der Waals surface area contributed by atoms with Gasteiger partial charge in [0.15, 0.2) is 0 Å². The van der Waals surface area contributed by atoms with Gasteiger partial charge < -0.3 is 9.32 Å². The standard InChI is InChI=1S/C14H14FN3O2S/c15-11-5-2-1-4-10(11)9-21-14-17-16-12(20-14)8-18-7-3-6-13(18)19/h1-2,4-5H,3,6-9H2. The van der Waals surface area contributed by atoms with E-state index < -0.39 is 0 Å². The van der Waals surface area contributed by atoms with Crippen LogP contribution in [0.3, 0.4) is 0 Å². The molecule has 0 unspecified atom stereocenters. The van der Waals surface area contributed by atoms with E-state index in [-0.39, 0.29) is 11.7 Å². The van der Waals surface area contributed by atoms with Crippen molar-refractivity contribution in [2.75, 3.05) is 6.54 Å². The molecule has 3 rings (SSSR count). The van der Waals surface area contributed by atoms with E-state index in [1.54, 1.807) is 23.1 Å². The summed E-state index contributed by atoms with van der Waals surface area (Å²) < 4.78 is 19.0. The van der Waals surface area contributed by atoms with Gasteiger partial charge in [-0.25, -0.2) is 4.39 Å². The molecule has 21 heavy (non-hydrogen) atoms. The molecule has 0 aliphatic carbocycles. The van der Waals surface area contributed by atoms with Crippen LogP contribution in [0.5, 0.6) is 0 Å².